The lowest BCUT2D eigenvalue weighted by Crippen LogP contribution is -2.32. The first-order valence-electron chi connectivity index (χ1n) is 6.52. The molecule has 4 nitrogen and oxygen atoms in total. The van der Waals surface area contributed by atoms with Crippen molar-refractivity contribution in [1.29, 1.82) is 0 Å². The van der Waals surface area contributed by atoms with Gasteiger partial charge in [-0.1, -0.05) is 19.1 Å². The molecule has 1 N–H and O–H groups in total. The van der Waals surface area contributed by atoms with E-state index in [2.05, 4.69) is 40.1 Å². The lowest BCUT2D eigenvalue weighted by atomic mass is 10.2. The number of likely N-dealkylation sites (N-methyl/N-ethyl adjacent to an activating group) is 2. The fraction of sp³-hybridized carbons (Fsp3) is 0.429. The van der Waals surface area contributed by atoms with E-state index in [1.807, 2.05) is 18.2 Å². The minimum Gasteiger partial charge on any atom is -0.355 e. The summed E-state index contributed by atoms with van der Waals surface area (Å²) in [5, 5.41) is 4.47. The van der Waals surface area contributed by atoms with Crippen LogP contribution in [0.25, 0.3) is 10.9 Å². The predicted octanol–water partition coefficient (Wildman–Crippen LogP) is 2.07. The van der Waals surface area contributed by atoms with Gasteiger partial charge in [-0.05, 0) is 25.6 Å². The summed E-state index contributed by atoms with van der Waals surface area (Å²) >= 11 is 0. The van der Waals surface area contributed by atoms with Gasteiger partial charge in [-0.2, -0.15) is 0 Å². The molecular weight excluding hydrogens is 224 g/mol. The fourth-order valence-corrected chi connectivity index (χ4v) is 2.05. The first kappa shape index (κ1) is 12.8. The molecule has 1 aromatic heterocycles. The van der Waals surface area contributed by atoms with Crippen LogP contribution >= 0.6 is 0 Å². The second-order valence-electron chi connectivity index (χ2n) is 4.15. The molecule has 0 saturated heterocycles. The molecule has 1 aromatic carbocycles. The summed E-state index contributed by atoms with van der Waals surface area (Å²) in [5.41, 5.74) is 1.00. The zero-order valence-electron chi connectivity index (χ0n) is 11.1. The number of nitrogens with zero attached hydrogens (tertiary/aromatic N) is 3. The maximum atomic E-state index is 4.44. The molecule has 2 rings (SSSR count). The molecule has 0 spiro atoms. The summed E-state index contributed by atoms with van der Waals surface area (Å²) in [5.74, 6) is 1.03. The highest BCUT2D eigenvalue weighted by Gasteiger charge is 2.09. The molecule has 18 heavy (non-hydrogen) atoms. The first-order chi connectivity index (χ1) is 8.86. The van der Waals surface area contributed by atoms with Gasteiger partial charge in [0.05, 0.1) is 5.52 Å². The van der Waals surface area contributed by atoms with Gasteiger partial charge in [0.2, 0.25) is 0 Å². The number of para-hydroxylation sites is 1. The third kappa shape index (κ3) is 2.76. The van der Waals surface area contributed by atoms with Crippen LogP contribution in [0.5, 0.6) is 0 Å². The van der Waals surface area contributed by atoms with Crippen molar-refractivity contribution in [1.82, 2.24) is 15.3 Å². The number of rotatable bonds is 6. The molecule has 0 fully saturated rings. The van der Waals surface area contributed by atoms with Gasteiger partial charge in [0.25, 0.3) is 0 Å². The summed E-state index contributed by atoms with van der Waals surface area (Å²) in [7, 11) is 0. The molecule has 0 aliphatic heterocycles. The van der Waals surface area contributed by atoms with Crippen LogP contribution in [0.2, 0.25) is 0 Å². The van der Waals surface area contributed by atoms with Crippen molar-refractivity contribution in [3.63, 3.8) is 0 Å². The summed E-state index contributed by atoms with van der Waals surface area (Å²) in [6.07, 6.45) is 1.65. The SMILES string of the molecule is CCNCCN(CC)c1ncnc2ccccc12. The Morgan fingerprint density at radius 2 is 2.00 bits per heavy atom. The quantitative estimate of drug-likeness (QED) is 0.790. The maximum absolute atomic E-state index is 4.44. The van der Waals surface area contributed by atoms with Crippen LogP contribution in [0, 0.1) is 0 Å². The summed E-state index contributed by atoms with van der Waals surface area (Å²) in [4.78, 5) is 11.0. The van der Waals surface area contributed by atoms with Crippen molar-refractivity contribution >= 4 is 16.7 Å². The van der Waals surface area contributed by atoms with E-state index in [1.54, 1.807) is 6.33 Å². The minimum atomic E-state index is 0.951. The van der Waals surface area contributed by atoms with Gasteiger partial charge in [0, 0.05) is 25.0 Å². The third-order valence-corrected chi connectivity index (χ3v) is 3.01. The zero-order valence-corrected chi connectivity index (χ0v) is 11.1. The molecule has 0 amide bonds. The first-order valence-corrected chi connectivity index (χ1v) is 6.52. The molecule has 0 aliphatic carbocycles. The number of benzene rings is 1. The Kier molecular flexibility index (Phi) is 4.47. The number of aromatic nitrogens is 2. The largest absolute Gasteiger partial charge is 0.355 e. The van der Waals surface area contributed by atoms with Gasteiger partial charge in [-0.25, -0.2) is 9.97 Å². The van der Waals surface area contributed by atoms with Gasteiger partial charge in [0.1, 0.15) is 12.1 Å². The minimum absolute atomic E-state index is 0.951. The molecule has 0 bridgehead atoms. The van der Waals surface area contributed by atoms with Gasteiger partial charge in [-0.15, -0.1) is 0 Å². The van der Waals surface area contributed by atoms with Gasteiger partial charge >= 0.3 is 0 Å². The predicted molar refractivity (Wildman–Crippen MR) is 76.0 cm³/mol. The van der Waals surface area contributed by atoms with Gasteiger partial charge in [0.15, 0.2) is 0 Å². The highest BCUT2D eigenvalue weighted by Crippen LogP contribution is 2.21. The zero-order chi connectivity index (χ0) is 12.8. The summed E-state index contributed by atoms with van der Waals surface area (Å²) in [6, 6.07) is 8.15. The van der Waals surface area contributed by atoms with Crippen molar-refractivity contribution < 1.29 is 0 Å². The van der Waals surface area contributed by atoms with Crippen molar-refractivity contribution in [2.75, 3.05) is 31.1 Å². The van der Waals surface area contributed by atoms with Crippen molar-refractivity contribution in [2.45, 2.75) is 13.8 Å². The molecule has 0 unspecified atom stereocenters. The smallest absolute Gasteiger partial charge is 0.139 e. The Balaban J connectivity index is 2.27. The van der Waals surface area contributed by atoms with E-state index in [0.717, 1.165) is 42.9 Å². The maximum Gasteiger partial charge on any atom is 0.139 e. The van der Waals surface area contributed by atoms with Gasteiger partial charge in [-0.3, -0.25) is 0 Å². The van der Waals surface area contributed by atoms with Crippen LogP contribution in [0.1, 0.15) is 13.8 Å². The Bertz CT molecular complexity index is 493. The van der Waals surface area contributed by atoms with Gasteiger partial charge < -0.3 is 10.2 Å². The van der Waals surface area contributed by atoms with Crippen LogP contribution in [-0.4, -0.2) is 36.1 Å². The van der Waals surface area contributed by atoms with E-state index in [4.69, 9.17) is 0 Å². The number of hydrogen-bond donors (Lipinski definition) is 1. The summed E-state index contributed by atoms with van der Waals surface area (Å²) < 4.78 is 0. The number of nitrogens with one attached hydrogen (secondary N) is 1. The highest BCUT2D eigenvalue weighted by molar-refractivity contribution is 5.89. The van der Waals surface area contributed by atoms with E-state index in [1.165, 1.54) is 0 Å². The van der Waals surface area contributed by atoms with E-state index < -0.39 is 0 Å². The van der Waals surface area contributed by atoms with Crippen LogP contribution < -0.4 is 10.2 Å². The van der Waals surface area contributed by atoms with Crippen molar-refractivity contribution in [3.05, 3.63) is 30.6 Å². The molecule has 2 aromatic rings. The van der Waals surface area contributed by atoms with Crippen molar-refractivity contribution in [3.8, 4) is 0 Å². The Labute approximate surface area is 108 Å². The summed E-state index contributed by atoms with van der Waals surface area (Å²) in [6.45, 7) is 8.17. The van der Waals surface area contributed by atoms with Crippen molar-refractivity contribution in [2.24, 2.45) is 0 Å². The lowest BCUT2D eigenvalue weighted by molar-refractivity contribution is 0.685. The van der Waals surface area contributed by atoms with Crippen LogP contribution in [0.4, 0.5) is 5.82 Å². The molecule has 0 atom stereocenters. The van der Waals surface area contributed by atoms with E-state index in [-0.39, 0.29) is 0 Å². The molecule has 0 aliphatic rings. The molecule has 0 radical (unpaired) electrons. The van der Waals surface area contributed by atoms with Crippen LogP contribution in [-0.2, 0) is 0 Å². The molecule has 1 heterocycles. The van der Waals surface area contributed by atoms with E-state index >= 15 is 0 Å². The number of hydrogen-bond acceptors (Lipinski definition) is 4. The van der Waals surface area contributed by atoms with E-state index in [0.29, 0.717) is 0 Å². The standard InChI is InChI=1S/C14H20N4/c1-3-15-9-10-18(4-2)14-12-7-5-6-8-13(12)16-11-17-14/h5-8,11,15H,3-4,9-10H2,1-2H3. The monoisotopic (exact) mass is 244 g/mol. The molecule has 0 saturated carbocycles. The fourth-order valence-electron chi connectivity index (χ4n) is 2.05. The second kappa shape index (κ2) is 6.31. The molecule has 96 valence electrons. The van der Waals surface area contributed by atoms with E-state index in [9.17, 15) is 0 Å². The lowest BCUT2D eigenvalue weighted by Gasteiger charge is -2.23. The average molecular weight is 244 g/mol. The third-order valence-electron chi connectivity index (χ3n) is 3.01. The van der Waals surface area contributed by atoms with Crippen LogP contribution in [0.15, 0.2) is 30.6 Å². The molecular formula is C14H20N4. The second-order valence-corrected chi connectivity index (χ2v) is 4.15. The topological polar surface area (TPSA) is 41.0 Å². The number of fused-ring (bicyclic) bond motifs is 1. The van der Waals surface area contributed by atoms with Crippen LogP contribution in [0.3, 0.4) is 0 Å². The Hall–Kier alpha value is -1.68. The average Bonchev–Trinajstić information content (AvgIpc) is 2.43. The Morgan fingerprint density at radius 3 is 2.78 bits per heavy atom. The molecule has 4 heteroatoms. The highest BCUT2D eigenvalue weighted by atomic mass is 15.2. The Morgan fingerprint density at radius 1 is 1.17 bits per heavy atom. The normalized spacial score (nSPS) is 10.8. The number of anilines is 1.